The minimum Gasteiger partial charge on any atom is -0.379 e. The third-order valence-electron chi connectivity index (χ3n) is 5.42. The van der Waals surface area contributed by atoms with Crippen LogP contribution in [0.2, 0.25) is 0 Å². The van der Waals surface area contributed by atoms with Crippen molar-refractivity contribution in [2.45, 2.75) is 64.3 Å². The van der Waals surface area contributed by atoms with E-state index in [1.54, 1.807) is 18.2 Å². The molecule has 0 saturated carbocycles. The fourth-order valence-electron chi connectivity index (χ4n) is 3.38. The molecule has 1 saturated heterocycles. The first kappa shape index (κ1) is 22.8. The van der Waals surface area contributed by atoms with Gasteiger partial charge in [0, 0.05) is 31.2 Å². The quantitative estimate of drug-likeness (QED) is 0.626. The lowest BCUT2D eigenvalue weighted by molar-refractivity contribution is 0.0684. The Bertz CT molecular complexity index is 758. The van der Waals surface area contributed by atoms with Gasteiger partial charge in [0.15, 0.2) is 0 Å². The van der Waals surface area contributed by atoms with E-state index < -0.39 is 10.0 Å². The molecule has 158 valence electrons. The number of hydrogen-bond donors (Lipinski definition) is 0. The van der Waals surface area contributed by atoms with Crippen LogP contribution in [0.5, 0.6) is 0 Å². The van der Waals surface area contributed by atoms with Gasteiger partial charge in [0.1, 0.15) is 0 Å². The number of aryl methyl sites for hydroxylation is 1. The smallest absolute Gasteiger partial charge is 0.254 e. The average Bonchev–Trinajstić information content (AvgIpc) is 2.73. The van der Waals surface area contributed by atoms with Crippen molar-refractivity contribution in [2.75, 3.05) is 32.8 Å². The number of benzene rings is 1. The maximum atomic E-state index is 13.2. The van der Waals surface area contributed by atoms with Gasteiger partial charge in [-0.15, -0.1) is 0 Å². The maximum absolute atomic E-state index is 13.2. The van der Waals surface area contributed by atoms with Crippen LogP contribution in [-0.4, -0.2) is 62.4 Å². The molecular formula is C21H34N2O4S. The van der Waals surface area contributed by atoms with Crippen molar-refractivity contribution >= 4 is 15.9 Å². The summed E-state index contributed by atoms with van der Waals surface area (Å²) in [5, 5.41) is 0. The highest BCUT2D eigenvalue weighted by molar-refractivity contribution is 7.89. The van der Waals surface area contributed by atoms with Crippen LogP contribution < -0.4 is 0 Å². The molecule has 1 aromatic carbocycles. The molecular weight excluding hydrogens is 376 g/mol. The first-order valence-electron chi connectivity index (χ1n) is 10.4. The third-order valence-corrected chi connectivity index (χ3v) is 7.40. The van der Waals surface area contributed by atoms with E-state index in [9.17, 15) is 13.2 Å². The van der Waals surface area contributed by atoms with Crippen LogP contribution in [0.15, 0.2) is 23.1 Å². The predicted octanol–water partition coefficient (Wildman–Crippen LogP) is 3.31. The van der Waals surface area contributed by atoms with Gasteiger partial charge >= 0.3 is 0 Å². The lowest BCUT2D eigenvalue weighted by Gasteiger charge is -2.30. The molecule has 6 nitrogen and oxygen atoms in total. The summed E-state index contributed by atoms with van der Waals surface area (Å²) in [6.07, 6.45) is 3.40. The van der Waals surface area contributed by atoms with E-state index in [0.29, 0.717) is 44.8 Å². The molecule has 1 heterocycles. The van der Waals surface area contributed by atoms with Gasteiger partial charge in [-0.2, -0.15) is 4.31 Å². The van der Waals surface area contributed by atoms with Crippen molar-refractivity contribution in [1.82, 2.24) is 9.21 Å². The molecule has 1 aliphatic rings. The maximum Gasteiger partial charge on any atom is 0.254 e. The number of ether oxygens (including phenoxy) is 1. The fourth-order valence-corrected chi connectivity index (χ4v) is 5.11. The highest BCUT2D eigenvalue weighted by Crippen LogP contribution is 2.25. The second-order valence-electron chi connectivity index (χ2n) is 7.30. The Balaban J connectivity index is 2.41. The van der Waals surface area contributed by atoms with Crippen LogP contribution in [0.25, 0.3) is 0 Å². The Morgan fingerprint density at radius 2 is 1.89 bits per heavy atom. The molecule has 0 radical (unpaired) electrons. The van der Waals surface area contributed by atoms with E-state index >= 15 is 0 Å². The largest absolute Gasteiger partial charge is 0.379 e. The van der Waals surface area contributed by atoms with Gasteiger partial charge in [-0.1, -0.05) is 33.3 Å². The van der Waals surface area contributed by atoms with Gasteiger partial charge < -0.3 is 9.64 Å². The zero-order chi connectivity index (χ0) is 20.7. The Morgan fingerprint density at radius 3 is 2.46 bits per heavy atom. The van der Waals surface area contributed by atoms with E-state index in [0.717, 1.165) is 24.8 Å². The first-order chi connectivity index (χ1) is 13.4. The summed E-state index contributed by atoms with van der Waals surface area (Å²) >= 11 is 0. The van der Waals surface area contributed by atoms with Gasteiger partial charge in [0.25, 0.3) is 5.91 Å². The summed E-state index contributed by atoms with van der Waals surface area (Å²) in [7, 11) is -3.65. The fraction of sp³-hybridized carbons (Fsp3) is 0.667. The number of amides is 1. The molecule has 0 spiro atoms. The summed E-state index contributed by atoms with van der Waals surface area (Å²) in [6.45, 7) is 10.3. The van der Waals surface area contributed by atoms with Gasteiger partial charge in [0.05, 0.1) is 18.1 Å². The molecule has 1 aromatic rings. The summed E-state index contributed by atoms with van der Waals surface area (Å²) in [5.74, 6) is -0.0936. The van der Waals surface area contributed by atoms with Crippen molar-refractivity contribution in [3.05, 3.63) is 29.3 Å². The van der Waals surface area contributed by atoms with Crippen molar-refractivity contribution in [3.8, 4) is 0 Å². The molecule has 1 unspecified atom stereocenters. The number of rotatable bonds is 9. The second kappa shape index (κ2) is 10.4. The number of unbranched alkanes of at least 4 members (excludes halogenated alkanes) is 1. The summed E-state index contributed by atoms with van der Waals surface area (Å²) in [5.41, 5.74) is 1.19. The summed E-state index contributed by atoms with van der Waals surface area (Å²) in [6, 6.07) is 5.24. The van der Waals surface area contributed by atoms with Gasteiger partial charge in [-0.25, -0.2) is 8.42 Å². The molecule has 0 bridgehead atoms. The van der Waals surface area contributed by atoms with Crippen LogP contribution in [0.1, 0.15) is 62.9 Å². The topological polar surface area (TPSA) is 66.9 Å². The Morgan fingerprint density at radius 1 is 1.21 bits per heavy atom. The zero-order valence-electron chi connectivity index (χ0n) is 17.6. The zero-order valence-corrected chi connectivity index (χ0v) is 18.4. The highest BCUT2D eigenvalue weighted by Gasteiger charge is 2.30. The third kappa shape index (κ3) is 5.13. The first-order valence-corrected chi connectivity index (χ1v) is 11.8. The van der Waals surface area contributed by atoms with Crippen molar-refractivity contribution in [2.24, 2.45) is 0 Å². The number of nitrogens with zero attached hydrogens (tertiary/aromatic N) is 2. The number of sulfonamides is 1. The van der Waals surface area contributed by atoms with Gasteiger partial charge in [0.2, 0.25) is 10.0 Å². The van der Waals surface area contributed by atoms with Crippen LogP contribution in [0.3, 0.4) is 0 Å². The summed E-state index contributed by atoms with van der Waals surface area (Å²) in [4.78, 5) is 15.3. The number of carbonyl (C=O) groups excluding carboxylic acids is 1. The number of hydrogen-bond acceptors (Lipinski definition) is 4. The van der Waals surface area contributed by atoms with E-state index in [4.69, 9.17) is 4.74 Å². The molecule has 1 fully saturated rings. The second-order valence-corrected chi connectivity index (χ2v) is 9.21. The SMILES string of the molecule is CCCCN(C(=O)c1ccc(CC)c(S(=O)(=O)N2CCOCC2)c1)C(C)CC. The molecule has 1 atom stereocenters. The number of carbonyl (C=O) groups is 1. The molecule has 0 aliphatic carbocycles. The van der Waals surface area contributed by atoms with Crippen molar-refractivity contribution in [1.29, 1.82) is 0 Å². The average molecular weight is 411 g/mol. The van der Waals surface area contributed by atoms with Crippen LogP contribution in [0.4, 0.5) is 0 Å². The lowest BCUT2D eigenvalue weighted by atomic mass is 10.1. The van der Waals surface area contributed by atoms with E-state index in [2.05, 4.69) is 13.8 Å². The molecule has 0 N–H and O–H groups in total. The normalized spacial score (nSPS) is 16.7. The molecule has 28 heavy (non-hydrogen) atoms. The minimum absolute atomic E-state index is 0.0936. The van der Waals surface area contributed by atoms with E-state index in [1.807, 2.05) is 18.7 Å². The predicted molar refractivity (Wildman–Crippen MR) is 111 cm³/mol. The Hall–Kier alpha value is -1.44. The standard InChI is InChI=1S/C21H34N2O4S/c1-5-8-11-23(17(4)6-2)21(24)19-10-9-18(7-3)20(16-19)28(25,26)22-12-14-27-15-13-22/h9-10,16-17H,5-8,11-15H2,1-4H3. The van der Waals surface area contributed by atoms with Gasteiger partial charge in [-0.05, 0) is 43.9 Å². The molecule has 7 heteroatoms. The monoisotopic (exact) mass is 410 g/mol. The molecule has 2 rings (SSSR count). The molecule has 0 aromatic heterocycles. The Labute approximate surface area is 169 Å². The van der Waals surface area contributed by atoms with Gasteiger partial charge in [-0.3, -0.25) is 4.79 Å². The van der Waals surface area contributed by atoms with Crippen LogP contribution >= 0.6 is 0 Å². The van der Waals surface area contributed by atoms with Crippen LogP contribution in [0, 0.1) is 0 Å². The van der Waals surface area contributed by atoms with Crippen LogP contribution in [-0.2, 0) is 21.2 Å². The highest BCUT2D eigenvalue weighted by atomic mass is 32.2. The van der Waals surface area contributed by atoms with Crippen molar-refractivity contribution in [3.63, 3.8) is 0 Å². The van der Waals surface area contributed by atoms with Crippen molar-refractivity contribution < 1.29 is 17.9 Å². The molecule has 1 amide bonds. The lowest BCUT2D eigenvalue weighted by Crippen LogP contribution is -2.41. The minimum atomic E-state index is -3.65. The summed E-state index contributed by atoms with van der Waals surface area (Å²) < 4.78 is 33.2. The van der Waals surface area contributed by atoms with E-state index in [-0.39, 0.29) is 16.8 Å². The van der Waals surface area contributed by atoms with E-state index in [1.165, 1.54) is 4.31 Å². The Kier molecular flexibility index (Phi) is 8.46. The molecule has 1 aliphatic heterocycles. The number of morpholine rings is 1.